The highest BCUT2D eigenvalue weighted by molar-refractivity contribution is 6.30. The van der Waals surface area contributed by atoms with Crippen LogP contribution in [-0.2, 0) is 4.79 Å². The third kappa shape index (κ3) is 5.50. The van der Waals surface area contributed by atoms with Gasteiger partial charge in [-0.1, -0.05) is 23.7 Å². The summed E-state index contributed by atoms with van der Waals surface area (Å²) in [7, 11) is 0. The second kappa shape index (κ2) is 9.89. The summed E-state index contributed by atoms with van der Waals surface area (Å²) in [5.74, 6) is 1.99. The van der Waals surface area contributed by atoms with Gasteiger partial charge < -0.3 is 10.1 Å². The first kappa shape index (κ1) is 23.2. The number of hydrogen-bond acceptors (Lipinski definition) is 5. The first-order valence-corrected chi connectivity index (χ1v) is 11.1. The summed E-state index contributed by atoms with van der Waals surface area (Å²) in [5, 5.41) is 8.04. The van der Waals surface area contributed by atoms with Crippen LogP contribution in [0.5, 0.6) is 11.6 Å². The van der Waals surface area contributed by atoms with Gasteiger partial charge in [0, 0.05) is 28.5 Å². The zero-order valence-corrected chi connectivity index (χ0v) is 20.1. The van der Waals surface area contributed by atoms with Crippen LogP contribution in [0.2, 0.25) is 5.02 Å². The van der Waals surface area contributed by atoms with E-state index in [1.807, 2.05) is 39.8 Å². The Labute approximate surface area is 203 Å². The van der Waals surface area contributed by atoms with Gasteiger partial charge in [-0.15, -0.1) is 0 Å². The number of benzene rings is 2. The van der Waals surface area contributed by atoms with Gasteiger partial charge in [0.15, 0.2) is 5.82 Å². The van der Waals surface area contributed by atoms with Crippen LogP contribution in [0.1, 0.15) is 28.3 Å². The van der Waals surface area contributed by atoms with Gasteiger partial charge in [0.1, 0.15) is 11.6 Å². The van der Waals surface area contributed by atoms with Gasteiger partial charge in [0.2, 0.25) is 11.8 Å². The number of anilines is 1. The minimum Gasteiger partial charge on any atom is -0.439 e. The smallest absolute Gasteiger partial charge is 0.248 e. The molecule has 0 aliphatic rings. The van der Waals surface area contributed by atoms with Gasteiger partial charge in [0.25, 0.3) is 0 Å². The highest BCUT2D eigenvalue weighted by atomic mass is 35.5. The topological polar surface area (TPSA) is 81.9 Å². The predicted molar refractivity (Wildman–Crippen MR) is 134 cm³/mol. The van der Waals surface area contributed by atoms with Crippen LogP contribution in [-0.4, -0.2) is 25.7 Å². The molecule has 2 aromatic carbocycles. The van der Waals surface area contributed by atoms with E-state index in [1.54, 1.807) is 53.2 Å². The van der Waals surface area contributed by atoms with Gasteiger partial charge in [-0.05, 0) is 81.3 Å². The van der Waals surface area contributed by atoms with Crippen LogP contribution >= 0.6 is 11.6 Å². The lowest BCUT2D eigenvalue weighted by Crippen LogP contribution is -2.07. The van der Waals surface area contributed by atoms with Gasteiger partial charge in [-0.25, -0.2) is 9.67 Å². The zero-order chi connectivity index (χ0) is 24.2. The molecule has 2 heterocycles. The van der Waals surface area contributed by atoms with Crippen LogP contribution < -0.4 is 10.1 Å². The van der Waals surface area contributed by atoms with Gasteiger partial charge in [-0.2, -0.15) is 10.1 Å². The summed E-state index contributed by atoms with van der Waals surface area (Å²) in [6.45, 7) is 7.82. The van der Waals surface area contributed by atoms with E-state index in [0.717, 1.165) is 22.5 Å². The first-order chi connectivity index (χ1) is 16.3. The molecule has 0 bridgehead atoms. The number of aryl methyl sites for hydroxylation is 2. The number of nitrogens with zero attached hydrogens (tertiary/aromatic N) is 4. The molecule has 0 aliphatic heterocycles. The average molecular weight is 474 g/mol. The Bertz CT molecular complexity index is 1360. The second-order valence-electron chi connectivity index (χ2n) is 7.82. The molecule has 7 nitrogen and oxygen atoms in total. The molecular weight excluding hydrogens is 450 g/mol. The molecule has 0 saturated heterocycles. The molecule has 2 aromatic heterocycles. The summed E-state index contributed by atoms with van der Waals surface area (Å²) in [5.41, 5.74) is 4.64. The second-order valence-corrected chi connectivity index (χ2v) is 8.26. The van der Waals surface area contributed by atoms with E-state index in [4.69, 9.17) is 16.3 Å². The van der Waals surface area contributed by atoms with Gasteiger partial charge in [-0.3, -0.25) is 4.79 Å². The SMILES string of the molecule is Cc1nc(Oc2ccc(NC(=O)/C=C/c3ccc(Cl)cc3)cc2)cc(-n2nc(C)c(C)c2C)n1. The normalized spacial score (nSPS) is 11.1. The molecule has 34 heavy (non-hydrogen) atoms. The highest BCUT2D eigenvalue weighted by Gasteiger charge is 2.13. The average Bonchev–Trinajstić information content (AvgIpc) is 3.07. The minimum atomic E-state index is -0.236. The first-order valence-electron chi connectivity index (χ1n) is 10.7. The van der Waals surface area contributed by atoms with Crippen molar-refractivity contribution in [2.75, 3.05) is 5.32 Å². The number of carbonyl (C=O) groups is 1. The lowest BCUT2D eigenvalue weighted by atomic mass is 10.2. The lowest BCUT2D eigenvalue weighted by Gasteiger charge is -2.10. The van der Waals surface area contributed by atoms with E-state index in [0.29, 0.717) is 34.0 Å². The summed E-state index contributed by atoms with van der Waals surface area (Å²) < 4.78 is 7.74. The van der Waals surface area contributed by atoms with Crippen molar-refractivity contribution in [2.24, 2.45) is 0 Å². The summed E-state index contributed by atoms with van der Waals surface area (Å²) >= 11 is 5.88. The Morgan fingerprint density at radius 2 is 1.71 bits per heavy atom. The van der Waals surface area contributed by atoms with Gasteiger partial charge >= 0.3 is 0 Å². The maximum atomic E-state index is 12.2. The lowest BCUT2D eigenvalue weighted by molar-refractivity contribution is -0.111. The quantitative estimate of drug-likeness (QED) is 0.347. The highest BCUT2D eigenvalue weighted by Crippen LogP contribution is 2.24. The minimum absolute atomic E-state index is 0.236. The zero-order valence-electron chi connectivity index (χ0n) is 19.3. The van der Waals surface area contributed by atoms with Crippen molar-refractivity contribution in [3.05, 3.63) is 94.0 Å². The van der Waals surface area contributed by atoms with E-state index in [9.17, 15) is 4.79 Å². The third-order valence-electron chi connectivity index (χ3n) is 5.31. The van der Waals surface area contributed by atoms with Crippen molar-refractivity contribution in [3.8, 4) is 17.4 Å². The molecule has 0 fully saturated rings. The standard InChI is InChI=1S/C26H24ClN5O2/c1-16-17(2)31-32(18(16)3)24-15-26(29-19(4)28-24)34-23-12-10-22(11-13-23)30-25(33)14-7-20-5-8-21(27)9-6-20/h5-15H,1-4H3,(H,30,33)/b14-7+. The van der Waals surface area contributed by atoms with Crippen molar-refractivity contribution in [2.45, 2.75) is 27.7 Å². The van der Waals surface area contributed by atoms with Crippen LogP contribution in [0.4, 0.5) is 5.69 Å². The Balaban J connectivity index is 1.43. The molecule has 1 N–H and O–H groups in total. The van der Waals surface area contributed by atoms with E-state index < -0.39 is 0 Å². The van der Waals surface area contributed by atoms with Crippen LogP contribution in [0.3, 0.4) is 0 Å². The molecule has 8 heteroatoms. The molecule has 4 aromatic rings. The molecule has 1 amide bonds. The van der Waals surface area contributed by atoms with Crippen molar-refractivity contribution in [3.63, 3.8) is 0 Å². The molecule has 0 aliphatic carbocycles. The molecule has 0 saturated carbocycles. The van der Waals surface area contributed by atoms with E-state index in [1.165, 1.54) is 6.08 Å². The van der Waals surface area contributed by atoms with Crippen molar-refractivity contribution in [1.82, 2.24) is 19.7 Å². The molecular formula is C26H24ClN5O2. The predicted octanol–water partition coefficient (Wildman–Crippen LogP) is 5.99. The van der Waals surface area contributed by atoms with E-state index in [2.05, 4.69) is 20.4 Å². The van der Waals surface area contributed by atoms with E-state index >= 15 is 0 Å². The largest absolute Gasteiger partial charge is 0.439 e. The van der Waals surface area contributed by atoms with Crippen molar-refractivity contribution < 1.29 is 9.53 Å². The molecule has 0 radical (unpaired) electrons. The molecule has 4 rings (SSSR count). The Hall–Kier alpha value is -3.97. The summed E-state index contributed by atoms with van der Waals surface area (Å²) in [6, 6.07) is 16.1. The van der Waals surface area contributed by atoms with Crippen molar-refractivity contribution in [1.29, 1.82) is 0 Å². The summed E-state index contributed by atoms with van der Waals surface area (Å²) in [6.07, 6.45) is 3.20. The Kier molecular flexibility index (Phi) is 6.75. The summed E-state index contributed by atoms with van der Waals surface area (Å²) in [4.78, 5) is 21.1. The van der Waals surface area contributed by atoms with E-state index in [-0.39, 0.29) is 5.91 Å². The molecule has 0 unspecified atom stereocenters. The molecule has 172 valence electrons. The maximum absolute atomic E-state index is 12.2. The van der Waals surface area contributed by atoms with Crippen molar-refractivity contribution >= 4 is 29.3 Å². The molecule has 0 atom stereocenters. The van der Waals surface area contributed by atoms with Gasteiger partial charge in [0.05, 0.1) is 5.69 Å². The van der Waals surface area contributed by atoms with Crippen LogP contribution in [0.15, 0.2) is 60.7 Å². The fourth-order valence-corrected chi connectivity index (χ4v) is 3.41. The fourth-order valence-electron chi connectivity index (χ4n) is 3.29. The Morgan fingerprint density at radius 3 is 2.35 bits per heavy atom. The number of rotatable bonds is 6. The Morgan fingerprint density at radius 1 is 1.00 bits per heavy atom. The number of halogens is 1. The number of nitrogens with one attached hydrogen (secondary N) is 1. The van der Waals surface area contributed by atoms with Crippen LogP contribution in [0, 0.1) is 27.7 Å². The third-order valence-corrected chi connectivity index (χ3v) is 5.56. The fraction of sp³-hybridized carbons (Fsp3) is 0.154. The number of aromatic nitrogens is 4. The number of carbonyl (C=O) groups excluding carboxylic acids is 1. The number of ether oxygens (including phenoxy) is 1. The van der Waals surface area contributed by atoms with Crippen LogP contribution in [0.25, 0.3) is 11.9 Å². The maximum Gasteiger partial charge on any atom is 0.248 e. The number of hydrogen-bond donors (Lipinski definition) is 1. The number of amides is 1. The molecule has 0 spiro atoms. The monoisotopic (exact) mass is 473 g/mol.